The number of ether oxygens (including phenoxy) is 1. The Labute approximate surface area is 164 Å². The number of ketones is 2. The van der Waals surface area contributed by atoms with Gasteiger partial charge in [-0.05, 0) is 24.3 Å². The van der Waals surface area contributed by atoms with Crippen LogP contribution in [0.2, 0.25) is 10.0 Å². The summed E-state index contributed by atoms with van der Waals surface area (Å²) >= 11 is 11.7. The molecule has 0 radical (unpaired) electrons. The molecule has 0 aliphatic rings. The topological polar surface area (TPSA) is 72.0 Å². The van der Waals surface area contributed by atoms with E-state index in [1.807, 2.05) is 0 Å². The quantitative estimate of drug-likeness (QED) is 0.482. The fraction of sp³-hybridized carbons (Fsp3) is 0.105. The maximum Gasteiger partial charge on any atom is 0.199 e. The number of hydrogen-bond acceptors (Lipinski definition) is 4. The predicted octanol–water partition coefficient (Wildman–Crippen LogP) is 4.52. The fourth-order valence-corrected chi connectivity index (χ4v) is 2.97. The Bertz CT molecular complexity index is 1030. The molecular formula is C19H13Cl2FN2O3. The highest BCUT2D eigenvalue weighted by molar-refractivity contribution is 6.37. The molecule has 0 saturated carbocycles. The van der Waals surface area contributed by atoms with E-state index in [-0.39, 0.29) is 39.1 Å². The number of rotatable bonds is 6. The third-order valence-electron chi connectivity index (χ3n) is 3.95. The van der Waals surface area contributed by atoms with Crippen molar-refractivity contribution in [3.8, 4) is 5.75 Å². The lowest BCUT2D eigenvalue weighted by molar-refractivity contribution is 0.0987. The zero-order valence-corrected chi connectivity index (χ0v) is 15.6. The highest BCUT2D eigenvalue weighted by atomic mass is 35.5. The zero-order valence-electron chi connectivity index (χ0n) is 14.1. The summed E-state index contributed by atoms with van der Waals surface area (Å²) < 4.78 is 19.4. The number of nitrogens with one attached hydrogen (secondary N) is 1. The van der Waals surface area contributed by atoms with Gasteiger partial charge in [0.2, 0.25) is 0 Å². The molecule has 0 fully saturated rings. The average molecular weight is 407 g/mol. The molecule has 138 valence electrons. The highest BCUT2D eigenvalue weighted by Crippen LogP contribution is 2.28. The van der Waals surface area contributed by atoms with Gasteiger partial charge in [-0.25, -0.2) is 4.39 Å². The molecule has 0 aliphatic carbocycles. The summed E-state index contributed by atoms with van der Waals surface area (Å²) in [5, 5.41) is -0.269. The molecule has 0 amide bonds. The van der Waals surface area contributed by atoms with Gasteiger partial charge in [0.05, 0.1) is 28.4 Å². The molecule has 3 aromatic rings. The largest absolute Gasteiger partial charge is 0.496 e. The number of pyridine rings is 1. The van der Waals surface area contributed by atoms with Gasteiger partial charge in [0.25, 0.3) is 0 Å². The van der Waals surface area contributed by atoms with E-state index >= 15 is 0 Å². The Kier molecular flexibility index (Phi) is 5.58. The minimum absolute atomic E-state index is 0.0252. The number of carbonyl (C=O) groups excluding carboxylic acids is 2. The molecule has 1 N–H and O–H groups in total. The van der Waals surface area contributed by atoms with Gasteiger partial charge in [0.1, 0.15) is 5.75 Å². The number of aromatic amines is 1. The van der Waals surface area contributed by atoms with Crippen LogP contribution in [-0.4, -0.2) is 28.6 Å². The van der Waals surface area contributed by atoms with Gasteiger partial charge in [0.15, 0.2) is 17.4 Å². The van der Waals surface area contributed by atoms with Gasteiger partial charge < -0.3 is 9.72 Å². The van der Waals surface area contributed by atoms with Gasteiger partial charge in [-0.1, -0.05) is 23.2 Å². The van der Waals surface area contributed by atoms with Crippen molar-refractivity contribution in [3.05, 3.63) is 81.1 Å². The first-order chi connectivity index (χ1) is 12.9. The van der Waals surface area contributed by atoms with Gasteiger partial charge >= 0.3 is 0 Å². The van der Waals surface area contributed by atoms with E-state index in [0.29, 0.717) is 11.3 Å². The van der Waals surface area contributed by atoms with E-state index < -0.39 is 11.6 Å². The standard InChI is InChI=1S/C19H13Cl2FN2O3/c1-27-16-4-5-23-8-10(16)7-15(25)14-6-11(9-24-14)19(26)17-12(20)2-3-13(21)18(17)22/h2-6,8-9,24H,7H2,1H3. The Hall–Kier alpha value is -2.70. The highest BCUT2D eigenvalue weighted by Gasteiger charge is 2.22. The van der Waals surface area contributed by atoms with E-state index in [0.717, 1.165) is 0 Å². The van der Waals surface area contributed by atoms with Crippen molar-refractivity contribution in [2.24, 2.45) is 0 Å². The van der Waals surface area contributed by atoms with E-state index in [9.17, 15) is 14.0 Å². The monoisotopic (exact) mass is 406 g/mol. The number of methoxy groups -OCH3 is 1. The smallest absolute Gasteiger partial charge is 0.199 e. The van der Waals surface area contributed by atoms with E-state index in [4.69, 9.17) is 27.9 Å². The predicted molar refractivity (Wildman–Crippen MR) is 99.5 cm³/mol. The molecule has 2 aromatic heterocycles. The van der Waals surface area contributed by atoms with Crippen molar-refractivity contribution in [1.82, 2.24) is 9.97 Å². The first-order valence-electron chi connectivity index (χ1n) is 7.79. The second-order valence-electron chi connectivity index (χ2n) is 5.64. The molecule has 2 heterocycles. The molecule has 0 spiro atoms. The number of hydrogen-bond donors (Lipinski definition) is 1. The van der Waals surface area contributed by atoms with Crippen LogP contribution in [0.4, 0.5) is 4.39 Å². The maximum atomic E-state index is 14.2. The molecule has 0 aliphatic heterocycles. The minimum atomic E-state index is -0.900. The lowest BCUT2D eigenvalue weighted by Crippen LogP contribution is -2.06. The van der Waals surface area contributed by atoms with Crippen molar-refractivity contribution in [2.75, 3.05) is 7.11 Å². The van der Waals surface area contributed by atoms with Gasteiger partial charge in [0, 0.05) is 36.1 Å². The van der Waals surface area contributed by atoms with Gasteiger partial charge in [-0.3, -0.25) is 14.6 Å². The van der Waals surface area contributed by atoms with Crippen LogP contribution in [0.1, 0.15) is 32.0 Å². The Morgan fingerprint density at radius 1 is 1.22 bits per heavy atom. The van der Waals surface area contributed by atoms with Crippen LogP contribution >= 0.6 is 23.2 Å². The molecule has 0 saturated heterocycles. The molecule has 0 atom stereocenters. The van der Waals surface area contributed by atoms with E-state index in [1.54, 1.807) is 12.3 Å². The van der Waals surface area contributed by atoms with Crippen molar-refractivity contribution in [1.29, 1.82) is 0 Å². The van der Waals surface area contributed by atoms with Crippen LogP contribution < -0.4 is 4.74 Å². The summed E-state index contributed by atoms with van der Waals surface area (Å²) in [4.78, 5) is 31.8. The summed E-state index contributed by atoms with van der Waals surface area (Å²) in [6, 6.07) is 5.61. The first kappa shape index (κ1) is 19.1. The van der Waals surface area contributed by atoms with Crippen molar-refractivity contribution in [2.45, 2.75) is 6.42 Å². The molecule has 1 aromatic carbocycles. The summed E-state index contributed by atoms with van der Waals surface area (Å²) in [5.41, 5.74) is 0.565. The lowest BCUT2D eigenvalue weighted by Gasteiger charge is -2.06. The molecule has 0 unspecified atom stereocenters. The lowest BCUT2D eigenvalue weighted by atomic mass is 10.0. The fourth-order valence-electron chi connectivity index (χ4n) is 2.58. The van der Waals surface area contributed by atoms with E-state index in [1.165, 1.54) is 37.7 Å². The summed E-state index contributed by atoms with van der Waals surface area (Å²) in [7, 11) is 1.50. The van der Waals surface area contributed by atoms with Crippen LogP contribution in [0.3, 0.4) is 0 Å². The van der Waals surface area contributed by atoms with E-state index in [2.05, 4.69) is 9.97 Å². The third kappa shape index (κ3) is 3.86. The van der Waals surface area contributed by atoms with Crippen molar-refractivity contribution in [3.63, 3.8) is 0 Å². The number of aromatic nitrogens is 2. The zero-order chi connectivity index (χ0) is 19.6. The number of H-pyrrole nitrogens is 1. The molecule has 8 heteroatoms. The van der Waals surface area contributed by atoms with Crippen LogP contribution in [-0.2, 0) is 6.42 Å². The van der Waals surface area contributed by atoms with Crippen LogP contribution in [0.25, 0.3) is 0 Å². The Morgan fingerprint density at radius 3 is 2.70 bits per heavy atom. The molecule has 0 bridgehead atoms. The van der Waals surface area contributed by atoms with Crippen molar-refractivity contribution >= 4 is 34.8 Å². The van der Waals surface area contributed by atoms with Crippen LogP contribution in [0, 0.1) is 5.82 Å². The Morgan fingerprint density at radius 2 is 1.96 bits per heavy atom. The van der Waals surface area contributed by atoms with Gasteiger partial charge in [-0.15, -0.1) is 0 Å². The summed E-state index contributed by atoms with van der Waals surface area (Å²) in [6.45, 7) is 0. The number of halogens is 3. The van der Waals surface area contributed by atoms with Gasteiger partial charge in [-0.2, -0.15) is 0 Å². The third-order valence-corrected chi connectivity index (χ3v) is 4.55. The normalized spacial score (nSPS) is 10.7. The SMILES string of the molecule is COc1ccncc1CC(=O)c1cc(C(=O)c2c(Cl)ccc(Cl)c2F)c[nH]1. The minimum Gasteiger partial charge on any atom is -0.496 e. The summed E-state index contributed by atoms with van der Waals surface area (Å²) in [5.74, 6) is -1.32. The Balaban J connectivity index is 1.86. The molecule has 27 heavy (non-hydrogen) atoms. The maximum absolute atomic E-state index is 14.2. The second-order valence-corrected chi connectivity index (χ2v) is 6.45. The first-order valence-corrected chi connectivity index (χ1v) is 8.54. The molecule has 3 rings (SSSR count). The number of nitrogens with zero attached hydrogens (tertiary/aromatic N) is 1. The molecule has 5 nitrogen and oxygen atoms in total. The summed E-state index contributed by atoms with van der Waals surface area (Å²) in [6.07, 6.45) is 4.44. The number of benzene rings is 1. The van der Waals surface area contributed by atoms with Crippen LogP contribution in [0.5, 0.6) is 5.75 Å². The van der Waals surface area contributed by atoms with Crippen molar-refractivity contribution < 1.29 is 18.7 Å². The molecular weight excluding hydrogens is 394 g/mol. The van der Waals surface area contributed by atoms with Crippen LogP contribution in [0.15, 0.2) is 42.9 Å². The average Bonchev–Trinajstić information content (AvgIpc) is 3.16. The number of Topliss-reactive ketones (excluding diaryl/α,β-unsaturated/α-hetero) is 1. The number of carbonyl (C=O) groups is 2. The second kappa shape index (κ2) is 7.90.